The molecule has 1 aromatic carbocycles. The van der Waals surface area contributed by atoms with Crippen molar-refractivity contribution in [2.24, 2.45) is 5.92 Å². The van der Waals surface area contributed by atoms with E-state index in [0.29, 0.717) is 12.0 Å². The quantitative estimate of drug-likeness (QED) is 0.811. The monoisotopic (exact) mass is 235 g/mol. The molecule has 1 aromatic rings. The first kappa shape index (κ1) is 14.0. The molecule has 0 fully saturated rings. The summed E-state index contributed by atoms with van der Waals surface area (Å²) in [5.74, 6) is 1.61. The summed E-state index contributed by atoms with van der Waals surface area (Å²) in [6.07, 6.45) is 2.44. The Morgan fingerprint density at radius 3 is 2.59 bits per heavy atom. The Bertz CT molecular complexity index is 349. The highest BCUT2D eigenvalue weighted by Gasteiger charge is 2.20. The summed E-state index contributed by atoms with van der Waals surface area (Å²) in [7, 11) is 3.77. The zero-order valence-electron chi connectivity index (χ0n) is 11.7. The number of aryl methyl sites for hydroxylation is 1. The van der Waals surface area contributed by atoms with Crippen LogP contribution in [-0.4, -0.2) is 14.2 Å². The summed E-state index contributed by atoms with van der Waals surface area (Å²) in [5, 5.41) is 3.42. The van der Waals surface area contributed by atoms with Crippen molar-refractivity contribution >= 4 is 0 Å². The van der Waals surface area contributed by atoms with Crippen LogP contribution in [0.5, 0.6) is 5.75 Å². The van der Waals surface area contributed by atoms with E-state index in [0.717, 1.165) is 5.75 Å². The molecule has 17 heavy (non-hydrogen) atoms. The molecule has 1 N–H and O–H groups in total. The maximum atomic E-state index is 5.50. The van der Waals surface area contributed by atoms with Crippen LogP contribution in [0.25, 0.3) is 0 Å². The first-order valence-electron chi connectivity index (χ1n) is 6.45. The lowest BCUT2D eigenvalue weighted by molar-refractivity contribution is 0.356. The summed E-state index contributed by atoms with van der Waals surface area (Å²) in [4.78, 5) is 0. The number of rotatable bonds is 6. The molecule has 1 rings (SSSR count). The van der Waals surface area contributed by atoms with E-state index in [4.69, 9.17) is 4.74 Å². The molecule has 0 spiro atoms. The van der Waals surface area contributed by atoms with Crippen molar-refractivity contribution in [2.75, 3.05) is 14.2 Å². The first-order chi connectivity index (χ1) is 8.13. The van der Waals surface area contributed by atoms with E-state index in [2.05, 4.69) is 44.3 Å². The Morgan fingerprint density at radius 2 is 2.06 bits per heavy atom. The van der Waals surface area contributed by atoms with E-state index in [1.807, 2.05) is 7.05 Å². The molecular formula is C15H25NO. The maximum Gasteiger partial charge on any atom is 0.123 e. The molecule has 0 aromatic heterocycles. The van der Waals surface area contributed by atoms with Gasteiger partial charge in [0, 0.05) is 11.6 Å². The molecule has 2 unspecified atom stereocenters. The lowest BCUT2D eigenvalue weighted by atomic mass is 9.90. The number of hydrogen-bond acceptors (Lipinski definition) is 2. The third-order valence-corrected chi connectivity index (χ3v) is 3.35. The van der Waals surface area contributed by atoms with Crippen LogP contribution in [-0.2, 0) is 0 Å². The largest absolute Gasteiger partial charge is 0.496 e. The van der Waals surface area contributed by atoms with E-state index in [1.54, 1.807) is 7.11 Å². The van der Waals surface area contributed by atoms with Crippen LogP contribution in [0.15, 0.2) is 18.2 Å². The molecule has 0 saturated carbocycles. The summed E-state index contributed by atoms with van der Waals surface area (Å²) >= 11 is 0. The van der Waals surface area contributed by atoms with Crippen LogP contribution >= 0.6 is 0 Å². The van der Waals surface area contributed by atoms with Gasteiger partial charge in [-0.2, -0.15) is 0 Å². The summed E-state index contributed by atoms with van der Waals surface area (Å²) < 4.78 is 5.50. The van der Waals surface area contributed by atoms with Crippen LogP contribution < -0.4 is 10.1 Å². The molecule has 0 saturated heterocycles. The Balaban J connectivity index is 3.02. The Morgan fingerprint density at radius 1 is 1.35 bits per heavy atom. The average Bonchev–Trinajstić information content (AvgIpc) is 2.32. The number of hydrogen-bond donors (Lipinski definition) is 1. The minimum absolute atomic E-state index is 0.366. The Hall–Kier alpha value is -1.02. The molecule has 0 radical (unpaired) electrons. The van der Waals surface area contributed by atoms with Gasteiger partial charge in [-0.25, -0.2) is 0 Å². The number of nitrogens with one attached hydrogen (secondary N) is 1. The third-order valence-electron chi connectivity index (χ3n) is 3.35. The molecule has 2 nitrogen and oxygen atoms in total. The summed E-state index contributed by atoms with van der Waals surface area (Å²) in [6, 6.07) is 6.81. The van der Waals surface area contributed by atoms with Gasteiger partial charge in [-0.3, -0.25) is 0 Å². The normalized spacial score (nSPS) is 14.4. The first-order valence-corrected chi connectivity index (χ1v) is 6.45. The fourth-order valence-electron chi connectivity index (χ4n) is 2.44. The zero-order valence-corrected chi connectivity index (χ0v) is 11.7. The summed E-state index contributed by atoms with van der Waals surface area (Å²) in [5.41, 5.74) is 2.50. The van der Waals surface area contributed by atoms with Crippen molar-refractivity contribution in [3.05, 3.63) is 29.3 Å². The van der Waals surface area contributed by atoms with Gasteiger partial charge < -0.3 is 10.1 Å². The second-order valence-corrected chi connectivity index (χ2v) is 4.78. The van der Waals surface area contributed by atoms with E-state index in [1.165, 1.54) is 24.0 Å². The number of ether oxygens (including phenoxy) is 1. The van der Waals surface area contributed by atoms with Crippen molar-refractivity contribution in [3.63, 3.8) is 0 Å². The molecule has 0 aliphatic heterocycles. The summed E-state index contributed by atoms with van der Waals surface area (Å²) in [6.45, 7) is 6.62. The zero-order chi connectivity index (χ0) is 12.8. The van der Waals surface area contributed by atoms with Crippen molar-refractivity contribution in [3.8, 4) is 5.75 Å². The molecular weight excluding hydrogens is 210 g/mol. The fourth-order valence-corrected chi connectivity index (χ4v) is 2.44. The van der Waals surface area contributed by atoms with Gasteiger partial charge in [-0.1, -0.05) is 32.4 Å². The van der Waals surface area contributed by atoms with Gasteiger partial charge in [0.2, 0.25) is 0 Å². The Kier molecular flexibility index (Phi) is 5.49. The molecule has 0 aliphatic carbocycles. The second kappa shape index (κ2) is 6.65. The van der Waals surface area contributed by atoms with E-state index in [9.17, 15) is 0 Å². The van der Waals surface area contributed by atoms with Crippen molar-refractivity contribution in [1.29, 1.82) is 0 Å². The molecule has 96 valence electrons. The van der Waals surface area contributed by atoms with Gasteiger partial charge in [0.15, 0.2) is 0 Å². The number of benzene rings is 1. The van der Waals surface area contributed by atoms with Gasteiger partial charge in [0.05, 0.1) is 7.11 Å². The highest BCUT2D eigenvalue weighted by molar-refractivity contribution is 5.39. The topological polar surface area (TPSA) is 21.3 Å². The lowest BCUT2D eigenvalue weighted by Gasteiger charge is -2.25. The standard InChI is InChI=1S/C15H25NO/c1-6-7-12(3)15(16-4)13-9-8-11(2)10-14(13)17-5/h8-10,12,15-16H,6-7H2,1-5H3. The molecule has 0 amide bonds. The van der Waals surface area contributed by atoms with E-state index >= 15 is 0 Å². The van der Waals surface area contributed by atoms with Crippen LogP contribution in [0.3, 0.4) is 0 Å². The number of methoxy groups -OCH3 is 1. The SMILES string of the molecule is CCCC(C)C(NC)c1ccc(C)cc1OC. The fraction of sp³-hybridized carbons (Fsp3) is 0.600. The predicted octanol–water partition coefficient (Wildman–Crippen LogP) is 3.70. The van der Waals surface area contributed by atoms with Gasteiger partial charge in [-0.15, -0.1) is 0 Å². The van der Waals surface area contributed by atoms with Crippen LogP contribution in [0, 0.1) is 12.8 Å². The third kappa shape index (κ3) is 3.47. The van der Waals surface area contributed by atoms with Crippen molar-refractivity contribution in [1.82, 2.24) is 5.32 Å². The van der Waals surface area contributed by atoms with Gasteiger partial charge in [0.1, 0.15) is 5.75 Å². The molecule has 0 heterocycles. The van der Waals surface area contributed by atoms with Gasteiger partial charge >= 0.3 is 0 Å². The minimum atomic E-state index is 0.366. The Labute approximate surface area is 105 Å². The smallest absolute Gasteiger partial charge is 0.123 e. The van der Waals surface area contributed by atoms with Crippen LogP contribution in [0.4, 0.5) is 0 Å². The highest BCUT2D eigenvalue weighted by Crippen LogP contribution is 2.32. The van der Waals surface area contributed by atoms with Crippen molar-refractivity contribution < 1.29 is 4.74 Å². The van der Waals surface area contributed by atoms with Crippen LogP contribution in [0.1, 0.15) is 43.9 Å². The second-order valence-electron chi connectivity index (χ2n) is 4.78. The van der Waals surface area contributed by atoms with Crippen molar-refractivity contribution in [2.45, 2.75) is 39.7 Å². The molecule has 2 atom stereocenters. The van der Waals surface area contributed by atoms with Crippen LogP contribution in [0.2, 0.25) is 0 Å². The van der Waals surface area contributed by atoms with Gasteiger partial charge in [0.25, 0.3) is 0 Å². The molecule has 0 aliphatic rings. The van der Waals surface area contributed by atoms with E-state index in [-0.39, 0.29) is 0 Å². The molecule has 0 bridgehead atoms. The highest BCUT2D eigenvalue weighted by atomic mass is 16.5. The lowest BCUT2D eigenvalue weighted by Crippen LogP contribution is -2.24. The maximum absolute atomic E-state index is 5.50. The van der Waals surface area contributed by atoms with Gasteiger partial charge in [-0.05, 0) is 37.9 Å². The average molecular weight is 235 g/mol. The minimum Gasteiger partial charge on any atom is -0.496 e. The predicted molar refractivity (Wildman–Crippen MR) is 73.6 cm³/mol. The molecule has 2 heteroatoms. The van der Waals surface area contributed by atoms with E-state index < -0.39 is 0 Å².